The van der Waals surface area contributed by atoms with Gasteiger partial charge in [-0.1, -0.05) is 12.1 Å². The van der Waals surface area contributed by atoms with Crippen molar-refractivity contribution in [2.45, 2.75) is 0 Å². The molecule has 0 aliphatic rings. The van der Waals surface area contributed by atoms with Crippen molar-refractivity contribution in [3.63, 3.8) is 0 Å². The second-order valence-corrected chi connectivity index (χ2v) is 6.33. The SMILES string of the molecule is CN(C(N)=NCNc1c(F)cccc1[N+](=O)[O-])c1c(I)cccc1[N+](=O)[O-]. The maximum Gasteiger partial charge on any atom is 0.295 e. The second kappa shape index (κ2) is 8.57. The molecule has 2 aromatic carbocycles. The Morgan fingerprint density at radius 1 is 1.22 bits per heavy atom. The van der Waals surface area contributed by atoms with Crippen molar-refractivity contribution in [2.75, 3.05) is 23.9 Å². The van der Waals surface area contributed by atoms with Gasteiger partial charge in [-0.2, -0.15) is 0 Å². The van der Waals surface area contributed by atoms with Crippen molar-refractivity contribution in [1.29, 1.82) is 0 Å². The summed E-state index contributed by atoms with van der Waals surface area (Å²) in [6.45, 7) is -0.269. The van der Waals surface area contributed by atoms with Crippen LogP contribution in [0.25, 0.3) is 0 Å². The Hall–Kier alpha value is -3.03. The zero-order chi connectivity index (χ0) is 20.1. The van der Waals surface area contributed by atoms with E-state index in [1.54, 1.807) is 12.1 Å². The number of hydrogen-bond acceptors (Lipinski definition) is 6. The number of nitrogens with one attached hydrogen (secondary N) is 1. The van der Waals surface area contributed by atoms with Gasteiger partial charge in [0.15, 0.2) is 17.5 Å². The van der Waals surface area contributed by atoms with Crippen LogP contribution in [0.4, 0.5) is 27.1 Å². The first-order chi connectivity index (χ1) is 12.7. The predicted octanol–water partition coefficient (Wildman–Crippen LogP) is 3.07. The number of anilines is 2. The third-order valence-electron chi connectivity index (χ3n) is 3.53. The van der Waals surface area contributed by atoms with Gasteiger partial charge in [0.1, 0.15) is 12.4 Å². The first kappa shape index (κ1) is 20.3. The van der Waals surface area contributed by atoms with Gasteiger partial charge in [-0.15, -0.1) is 0 Å². The number of rotatable bonds is 6. The molecule has 0 saturated carbocycles. The molecule has 0 saturated heterocycles. The van der Waals surface area contributed by atoms with Gasteiger partial charge in [0.2, 0.25) is 0 Å². The van der Waals surface area contributed by atoms with Gasteiger partial charge in [0, 0.05) is 22.8 Å². The van der Waals surface area contributed by atoms with Crippen LogP contribution in [0, 0.1) is 29.6 Å². The van der Waals surface area contributed by atoms with Crippen molar-refractivity contribution >= 4 is 51.3 Å². The standard InChI is InChI=1S/C15H14FIN6O4/c1-21(14-10(17)5-3-7-12(14)23(26)27)15(18)20-8-19-13-9(16)4-2-6-11(13)22(24)25/h2-7,19H,8H2,1H3,(H2,18,20). The predicted molar refractivity (Wildman–Crippen MR) is 107 cm³/mol. The van der Waals surface area contributed by atoms with Crippen LogP contribution in [-0.4, -0.2) is 29.5 Å². The summed E-state index contributed by atoms with van der Waals surface area (Å²) in [5.41, 5.74) is 5.21. The molecule has 0 heterocycles. The third-order valence-corrected chi connectivity index (χ3v) is 4.40. The summed E-state index contributed by atoms with van der Waals surface area (Å²) >= 11 is 1.93. The number of nitro benzene ring substituents is 2. The van der Waals surface area contributed by atoms with E-state index in [-0.39, 0.29) is 29.7 Å². The Balaban J connectivity index is 2.23. The molecule has 0 bridgehead atoms. The highest BCUT2D eigenvalue weighted by Crippen LogP contribution is 2.32. The van der Waals surface area contributed by atoms with Crippen molar-refractivity contribution in [3.8, 4) is 0 Å². The highest BCUT2D eigenvalue weighted by atomic mass is 127. The smallest absolute Gasteiger partial charge is 0.295 e. The van der Waals surface area contributed by atoms with Crippen molar-refractivity contribution in [1.82, 2.24) is 0 Å². The molecule has 2 aromatic rings. The number of para-hydroxylation sites is 2. The molecule has 0 aliphatic heterocycles. The molecule has 3 N–H and O–H groups in total. The molecule has 0 aromatic heterocycles. The van der Waals surface area contributed by atoms with Gasteiger partial charge in [0.25, 0.3) is 11.4 Å². The van der Waals surface area contributed by atoms with Crippen LogP contribution in [0.15, 0.2) is 41.4 Å². The minimum atomic E-state index is -0.806. The molecule has 10 nitrogen and oxygen atoms in total. The van der Waals surface area contributed by atoms with Crippen LogP contribution in [0.2, 0.25) is 0 Å². The number of nitrogens with zero attached hydrogens (tertiary/aromatic N) is 4. The first-order valence-corrected chi connectivity index (χ1v) is 8.45. The van der Waals surface area contributed by atoms with Crippen molar-refractivity contribution in [2.24, 2.45) is 10.7 Å². The Morgan fingerprint density at radius 2 is 1.81 bits per heavy atom. The quantitative estimate of drug-likeness (QED) is 0.209. The number of aliphatic imine (C=N–C) groups is 1. The number of benzene rings is 2. The Morgan fingerprint density at radius 3 is 2.44 bits per heavy atom. The summed E-state index contributed by atoms with van der Waals surface area (Å²) in [5.74, 6) is -0.895. The van der Waals surface area contributed by atoms with Crippen LogP contribution in [-0.2, 0) is 0 Å². The molecule has 0 atom stereocenters. The van der Waals surface area contributed by atoms with E-state index in [9.17, 15) is 24.6 Å². The molecule has 0 fully saturated rings. The highest BCUT2D eigenvalue weighted by Gasteiger charge is 2.22. The minimum Gasteiger partial charge on any atom is -0.369 e. The molecule has 2 rings (SSSR count). The molecule has 142 valence electrons. The van der Waals surface area contributed by atoms with Gasteiger partial charge < -0.3 is 16.0 Å². The topological polar surface area (TPSA) is 140 Å². The summed E-state index contributed by atoms with van der Waals surface area (Å²) < 4.78 is 14.4. The average molecular weight is 488 g/mol. The molecular formula is C15H14FIN6O4. The second-order valence-electron chi connectivity index (χ2n) is 5.17. The van der Waals surface area contributed by atoms with Crippen molar-refractivity contribution in [3.05, 3.63) is 66.0 Å². The molecule has 0 aliphatic carbocycles. The first-order valence-electron chi connectivity index (χ1n) is 7.37. The lowest BCUT2D eigenvalue weighted by Crippen LogP contribution is -2.35. The molecule has 0 radical (unpaired) electrons. The maximum absolute atomic E-state index is 13.8. The van der Waals surface area contributed by atoms with E-state index in [1.807, 2.05) is 22.6 Å². The fourth-order valence-corrected chi connectivity index (χ4v) is 3.09. The Bertz CT molecular complexity index is 923. The Kier molecular flexibility index (Phi) is 6.44. The molecule has 0 unspecified atom stereocenters. The summed E-state index contributed by atoms with van der Waals surface area (Å²) in [5, 5.41) is 24.7. The molecule has 12 heteroatoms. The summed E-state index contributed by atoms with van der Waals surface area (Å²) in [6, 6.07) is 8.00. The number of guanidine groups is 1. The third kappa shape index (κ3) is 4.58. The normalized spacial score (nSPS) is 11.1. The van der Waals surface area contributed by atoms with Crippen LogP contribution < -0.4 is 16.0 Å². The van der Waals surface area contributed by atoms with Crippen LogP contribution in [0.1, 0.15) is 0 Å². The molecular weight excluding hydrogens is 474 g/mol. The average Bonchev–Trinajstić information content (AvgIpc) is 2.61. The Labute approximate surface area is 166 Å². The molecule has 27 heavy (non-hydrogen) atoms. The van der Waals surface area contributed by atoms with Gasteiger partial charge in [-0.25, -0.2) is 9.38 Å². The fraction of sp³-hybridized carbons (Fsp3) is 0.133. The van der Waals surface area contributed by atoms with Gasteiger partial charge in [-0.3, -0.25) is 20.2 Å². The summed E-state index contributed by atoms with van der Waals surface area (Å²) in [7, 11) is 1.49. The van der Waals surface area contributed by atoms with Crippen LogP contribution in [0.3, 0.4) is 0 Å². The van der Waals surface area contributed by atoms with E-state index < -0.39 is 21.4 Å². The zero-order valence-corrected chi connectivity index (χ0v) is 16.1. The lowest BCUT2D eigenvalue weighted by atomic mass is 10.2. The maximum atomic E-state index is 13.8. The highest BCUT2D eigenvalue weighted by molar-refractivity contribution is 14.1. The lowest BCUT2D eigenvalue weighted by molar-refractivity contribution is -0.384. The zero-order valence-electron chi connectivity index (χ0n) is 13.9. The minimum absolute atomic E-state index is 0.0892. The molecule has 0 amide bonds. The van der Waals surface area contributed by atoms with Gasteiger partial charge in [-0.05, 0) is 34.7 Å². The van der Waals surface area contributed by atoms with E-state index >= 15 is 0 Å². The summed E-state index contributed by atoms with van der Waals surface area (Å²) in [6.07, 6.45) is 0. The van der Waals surface area contributed by atoms with E-state index in [0.717, 1.165) is 12.1 Å². The largest absolute Gasteiger partial charge is 0.369 e. The van der Waals surface area contributed by atoms with Gasteiger partial charge in [0.05, 0.1) is 9.85 Å². The fourth-order valence-electron chi connectivity index (χ4n) is 2.24. The van der Waals surface area contributed by atoms with Crippen LogP contribution in [0.5, 0.6) is 0 Å². The van der Waals surface area contributed by atoms with E-state index in [4.69, 9.17) is 5.73 Å². The number of nitro groups is 2. The number of halogens is 2. The molecule has 0 spiro atoms. The number of nitrogens with two attached hydrogens (primary N) is 1. The van der Waals surface area contributed by atoms with E-state index in [2.05, 4.69) is 10.3 Å². The summed E-state index contributed by atoms with van der Waals surface area (Å²) in [4.78, 5) is 26.2. The van der Waals surface area contributed by atoms with E-state index in [0.29, 0.717) is 3.57 Å². The monoisotopic (exact) mass is 488 g/mol. The van der Waals surface area contributed by atoms with Gasteiger partial charge >= 0.3 is 0 Å². The van der Waals surface area contributed by atoms with Crippen LogP contribution >= 0.6 is 22.6 Å². The van der Waals surface area contributed by atoms with E-state index in [1.165, 1.54) is 24.1 Å². The lowest BCUT2D eigenvalue weighted by Gasteiger charge is -2.19. The number of hydrogen-bond donors (Lipinski definition) is 2. The van der Waals surface area contributed by atoms with Crippen molar-refractivity contribution < 1.29 is 14.2 Å².